The molecule has 2 aromatic rings. The second kappa shape index (κ2) is 8.17. The number of ether oxygens (including phenoxy) is 3. The maximum atomic E-state index is 12.2. The van der Waals surface area contributed by atoms with Crippen molar-refractivity contribution in [2.75, 3.05) is 13.7 Å². The van der Waals surface area contributed by atoms with Crippen molar-refractivity contribution in [3.63, 3.8) is 0 Å². The molecule has 1 aliphatic rings. The third kappa shape index (κ3) is 3.90. The van der Waals surface area contributed by atoms with Crippen LogP contribution in [-0.2, 0) is 9.53 Å². The molecule has 28 heavy (non-hydrogen) atoms. The van der Waals surface area contributed by atoms with Crippen LogP contribution in [0.25, 0.3) is 6.08 Å². The molecule has 0 atom stereocenters. The molecule has 0 aromatic heterocycles. The van der Waals surface area contributed by atoms with Gasteiger partial charge in [-0.1, -0.05) is 24.8 Å². The molecule has 2 aromatic carbocycles. The number of non-ortho nitro benzene ring substituents is 1. The molecule has 1 aliphatic heterocycles. The minimum Gasteiger partial charge on any atom is -0.493 e. The summed E-state index contributed by atoms with van der Waals surface area (Å²) in [6, 6.07) is 10.8. The van der Waals surface area contributed by atoms with Gasteiger partial charge in [-0.25, -0.2) is 9.79 Å². The molecule has 1 heterocycles. The van der Waals surface area contributed by atoms with Crippen molar-refractivity contribution in [2.45, 2.75) is 0 Å². The van der Waals surface area contributed by atoms with E-state index in [1.807, 2.05) is 0 Å². The number of hydrogen-bond donors (Lipinski definition) is 0. The van der Waals surface area contributed by atoms with Gasteiger partial charge < -0.3 is 14.2 Å². The molecule has 0 N–H and O–H groups in total. The van der Waals surface area contributed by atoms with E-state index < -0.39 is 10.9 Å². The first kappa shape index (κ1) is 18.8. The van der Waals surface area contributed by atoms with Gasteiger partial charge >= 0.3 is 5.97 Å². The predicted molar refractivity (Wildman–Crippen MR) is 102 cm³/mol. The van der Waals surface area contributed by atoms with Crippen LogP contribution in [0.2, 0.25) is 0 Å². The molecule has 0 unspecified atom stereocenters. The Bertz CT molecular complexity index is 992. The van der Waals surface area contributed by atoms with Gasteiger partial charge in [0.1, 0.15) is 6.61 Å². The minimum atomic E-state index is -0.633. The average molecular weight is 380 g/mol. The van der Waals surface area contributed by atoms with Crippen molar-refractivity contribution >= 4 is 23.6 Å². The van der Waals surface area contributed by atoms with Gasteiger partial charge in [-0.05, 0) is 24.3 Å². The maximum Gasteiger partial charge on any atom is 0.363 e. The zero-order valence-corrected chi connectivity index (χ0v) is 15.0. The summed E-state index contributed by atoms with van der Waals surface area (Å²) in [6.07, 6.45) is 3.12. The summed E-state index contributed by atoms with van der Waals surface area (Å²) in [5, 5.41) is 10.8. The number of carbonyl (C=O) groups excluding carboxylic acids is 1. The molecule has 0 bridgehead atoms. The zero-order chi connectivity index (χ0) is 20.1. The molecule has 0 aliphatic carbocycles. The van der Waals surface area contributed by atoms with E-state index >= 15 is 0 Å². The van der Waals surface area contributed by atoms with E-state index in [0.717, 1.165) is 0 Å². The Hall–Kier alpha value is -3.94. The van der Waals surface area contributed by atoms with E-state index in [0.29, 0.717) is 22.6 Å². The Morgan fingerprint density at radius 2 is 2.00 bits per heavy atom. The number of nitro groups is 1. The number of benzene rings is 2. The van der Waals surface area contributed by atoms with Gasteiger partial charge in [-0.2, -0.15) is 0 Å². The Morgan fingerprint density at radius 3 is 2.64 bits per heavy atom. The van der Waals surface area contributed by atoms with Crippen LogP contribution >= 0.6 is 0 Å². The summed E-state index contributed by atoms with van der Waals surface area (Å²) in [5.74, 6) is 0.389. The van der Waals surface area contributed by atoms with Gasteiger partial charge in [0.25, 0.3) is 5.69 Å². The second-order valence-corrected chi connectivity index (χ2v) is 5.62. The fraction of sp³-hybridized carbons (Fsp3) is 0.100. The molecular formula is C20H16N2O6. The molecule has 3 rings (SSSR count). The van der Waals surface area contributed by atoms with E-state index in [1.165, 1.54) is 37.5 Å². The smallest absolute Gasteiger partial charge is 0.363 e. The lowest BCUT2D eigenvalue weighted by Gasteiger charge is -2.12. The number of aliphatic imine (C=N–C) groups is 1. The highest BCUT2D eigenvalue weighted by atomic mass is 16.6. The first-order valence-electron chi connectivity index (χ1n) is 8.21. The van der Waals surface area contributed by atoms with Crippen LogP contribution in [0.4, 0.5) is 5.69 Å². The van der Waals surface area contributed by atoms with Gasteiger partial charge in [0.05, 0.1) is 12.0 Å². The largest absolute Gasteiger partial charge is 0.493 e. The first-order chi connectivity index (χ1) is 13.5. The zero-order valence-electron chi connectivity index (χ0n) is 15.0. The van der Waals surface area contributed by atoms with Gasteiger partial charge in [0.2, 0.25) is 5.90 Å². The number of esters is 1. The van der Waals surface area contributed by atoms with Crippen LogP contribution in [0.3, 0.4) is 0 Å². The topological polar surface area (TPSA) is 100 Å². The van der Waals surface area contributed by atoms with E-state index in [4.69, 9.17) is 14.2 Å². The molecular weight excluding hydrogens is 364 g/mol. The quantitative estimate of drug-likeness (QED) is 0.240. The highest BCUT2D eigenvalue weighted by molar-refractivity contribution is 6.13. The Balaban J connectivity index is 1.95. The number of methoxy groups -OCH3 is 1. The summed E-state index contributed by atoms with van der Waals surface area (Å²) in [4.78, 5) is 26.7. The third-order valence-electron chi connectivity index (χ3n) is 3.81. The first-order valence-corrected chi connectivity index (χ1v) is 8.21. The van der Waals surface area contributed by atoms with Crippen molar-refractivity contribution in [3.8, 4) is 11.5 Å². The van der Waals surface area contributed by atoms with Crippen LogP contribution < -0.4 is 9.47 Å². The summed E-state index contributed by atoms with van der Waals surface area (Å²) in [7, 11) is 1.52. The van der Waals surface area contributed by atoms with E-state index in [9.17, 15) is 14.9 Å². The number of nitrogens with zero attached hydrogens (tertiary/aromatic N) is 2. The number of rotatable bonds is 7. The highest BCUT2D eigenvalue weighted by Gasteiger charge is 2.25. The monoisotopic (exact) mass is 380 g/mol. The fourth-order valence-electron chi connectivity index (χ4n) is 2.51. The van der Waals surface area contributed by atoms with Crippen LogP contribution in [0.1, 0.15) is 11.1 Å². The summed E-state index contributed by atoms with van der Waals surface area (Å²) < 4.78 is 16.1. The Morgan fingerprint density at radius 1 is 1.25 bits per heavy atom. The number of nitro benzene ring substituents is 1. The number of para-hydroxylation sites is 1. The Labute approximate surface area is 160 Å². The molecule has 8 heteroatoms. The molecule has 0 spiro atoms. The van der Waals surface area contributed by atoms with Crippen molar-refractivity contribution in [2.24, 2.45) is 4.99 Å². The SMILES string of the molecule is C=CCOc1c(/C=C2\N=C(c3ccc([N+](=O)[O-])cc3)OC2=O)cccc1OC. The Kier molecular flexibility index (Phi) is 5.50. The summed E-state index contributed by atoms with van der Waals surface area (Å²) in [5.41, 5.74) is 1.05. The number of hydrogen-bond acceptors (Lipinski definition) is 7. The van der Waals surface area contributed by atoms with Gasteiger partial charge in [-0.3, -0.25) is 10.1 Å². The maximum absolute atomic E-state index is 12.2. The highest BCUT2D eigenvalue weighted by Crippen LogP contribution is 2.33. The lowest BCUT2D eigenvalue weighted by molar-refractivity contribution is -0.384. The van der Waals surface area contributed by atoms with Crippen LogP contribution in [0.5, 0.6) is 11.5 Å². The number of cyclic esters (lactones) is 1. The second-order valence-electron chi connectivity index (χ2n) is 5.62. The summed E-state index contributed by atoms with van der Waals surface area (Å²) in [6.45, 7) is 3.88. The van der Waals surface area contributed by atoms with Crippen LogP contribution in [0, 0.1) is 10.1 Å². The predicted octanol–water partition coefficient (Wildman–Crippen LogP) is 3.51. The van der Waals surface area contributed by atoms with Crippen molar-refractivity contribution in [1.82, 2.24) is 0 Å². The van der Waals surface area contributed by atoms with E-state index in [2.05, 4.69) is 11.6 Å². The molecule has 0 amide bonds. The molecule has 0 saturated carbocycles. The van der Waals surface area contributed by atoms with Gasteiger partial charge in [0.15, 0.2) is 17.2 Å². The normalized spacial score (nSPS) is 14.4. The van der Waals surface area contributed by atoms with Crippen LogP contribution in [0.15, 0.2) is 65.8 Å². The fourth-order valence-corrected chi connectivity index (χ4v) is 2.51. The minimum absolute atomic E-state index is 0.0650. The van der Waals surface area contributed by atoms with Crippen molar-refractivity contribution < 1.29 is 23.9 Å². The van der Waals surface area contributed by atoms with E-state index in [-0.39, 0.29) is 23.9 Å². The number of carbonyl (C=O) groups is 1. The standard InChI is InChI=1S/C20H16N2O6/c1-3-11-27-18-14(5-4-6-17(18)26-2)12-16-20(23)28-19(21-16)13-7-9-15(10-8-13)22(24)25/h3-10,12H,1,11H2,2H3/b16-12-. The molecule has 0 saturated heterocycles. The lowest BCUT2D eigenvalue weighted by Crippen LogP contribution is -2.05. The third-order valence-corrected chi connectivity index (χ3v) is 3.81. The van der Waals surface area contributed by atoms with Gasteiger partial charge in [-0.15, -0.1) is 0 Å². The molecule has 0 fully saturated rings. The van der Waals surface area contributed by atoms with Gasteiger partial charge in [0, 0.05) is 23.3 Å². The van der Waals surface area contributed by atoms with Crippen molar-refractivity contribution in [1.29, 1.82) is 0 Å². The average Bonchev–Trinajstić information content (AvgIpc) is 3.07. The lowest BCUT2D eigenvalue weighted by atomic mass is 10.1. The molecule has 0 radical (unpaired) electrons. The summed E-state index contributed by atoms with van der Waals surface area (Å²) >= 11 is 0. The van der Waals surface area contributed by atoms with Crippen LogP contribution in [-0.4, -0.2) is 30.5 Å². The molecule has 142 valence electrons. The molecule has 8 nitrogen and oxygen atoms in total. The van der Waals surface area contributed by atoms with E-state index in [1.54, 1.807) is 24.3 Å². The van der Waals surface area contributed by atoms with Crippen molar-refractivity contribution in [3.05, 3.63) is 82.1 Å².